The Kier molecular flexibility index (Phi) is 3.97. The van der Waals surface area contributed by atoms with Gasteiger partial charge in [-0.15, -0.1) is 11.3 Å². The van der Waals surface area contributed by atoms with E-state index >= 15 is 0 Å². The Morgan fingerprint density at radius 3 is 2.21 bits per heavy atom. The summed E-state index contributed by atoms with van der Waals surface area (Å²) in [6.45, 7) is 8.58. The van der Waals surface area contributed by atoms with Crippen LogP contribution in [0.25, 0.3) is 0 Å². The van der Waals surface area contributed by atoms with Crippen molar-refractivity contribution in [1.29, 1.82) is 0 Å². The fourth-order valence-corrected chi connectivity index (χ4v) is 3.42. The lowest BCUT2D eigenvalue weighted by molar-refractivity contribution is 0.410. The lowest BCUT2D eigenvalue weighted by Crippen LogP contribution is -2.15. The van der Waals surface area contributed by atoms with Gasteiger partial charge in [0.2, 0.25) is 0 Å². The maximum atomic E-state index is 6.51. The second kappa shape index (κ2) is 5.35. The summed E-state index contributed by atoms with van der Waals surface area (Å²) in [4.78, 5) is 1.10. The number of ether oxygens (including phenoxy) is 1. The summed E-state index contributed by atoms with van der Waals surface area (Å²) in [6, 6.07) is 4.09. The highest BCUT2D eigenvalue weighted by atomic mass is 32.1. The van der Waals surface area contributed by atoms with Crippen molar-refractivity contribution in [2.45, 2.75) is 33.7 Å². The molecule has 1 unspecified atom stereocenters. The van der Waals surface area contributed by atoms with Gasteiger partial charge in [0.05, 0.1) is 18.0 Å². The molecule has 0 aliphatic heterocycles. The average molecular weight is 275 g/mol. The summed E-state index contributed by atoms with van der Waals surface area (Å²) < 4.78 is 5.40. The molecule has 3 heteroatoms. The fraction of sp³-hybridized carbons (Fsp3) is 0.375. The number of methoxy groups -OCH3 is 1. The molecule has 0 amide bonds. The molecule has 2 aromatic rings. The van der Waals surface area contributed by atoms with Crippen LogP contribution in [0.1, 0.15) is 38.7 Å². The molecule has 102 valence electrons. The van der Waals surface area contributed by atoms with Gasteiger partial charge in [-0.05, 0) is 67.0 Å². The van der Waals surface area contributed by atoms with Crippen LogP contribution >= 0.6 is 11.3 Å². The standard InChI is InChI=1S/C16H21NOS/c1-9-8-10(2)12(4)14(11(9)3)15(17)16-13(18-5)6-7-19-16/h6-8,15H,17H2,1-5H3. The topological polar surface area (TPSA) is 35.2 Å². The molecule has 2 N–H and O–H groups in total. The van der Waals surface area contributed by atoms with E-state index < -0.39 is 0 Å². The van der Waals surface area contributed by atoms with Gasteiger partial charge >= 0.3 is 0 Å². The maximum absolute atomic E-state index is 6.51. The van der Waals surface area contributed by atoms with Crippen LogP contribution in [0.15, 0.2) is 17.5 Å². The first-order chi connectivity index (χ1) is 8.97. The Balaban J connectivity index is 2.59. The molecule has 0 radical (unpaired) electrons. The first-order valence-corrected chi connectivity index (χ1v) is 7.29. The molecule has 2 nitrogen and oxygen atoms in total. The minimum Gasteiger partial charge on any atom is -0.496 e. The molecule has 0 fully saturated rings. The van der Waals surface area contributed by atoms with Crippen LogP contribution in [0.2, 0.25) is 0 Å². The molecule has 1 aromatic heterocycles. The molecule has 0 bridgehead atoms. The third-order valence-corrected chi connectivity index (χ3v) is 4.88. The minimum absolute atomic E-state index is 0.117. The molecule has 19 heavy (non-hydrogen) atoms. The summed E-state index contributed by atoms with van der Waals surface area (Å²) >= 11 is 1.66. The second-order valence-corrected chi connectivity index (χ2v) is 5.95. The minimum atomic E-state index is -0.117. The van der Waals surface area contributed by atoms with E-state index in [0.717, 1.165) is 10.6 Å². The number of rotatable bonds is 3. The summed E-state index contributed by atoms with van der Waals surface area (Å²) in [5.41, 5.74) is 12.9. The molecule has 1 heterocycles. The molecular formula is C16H21NOS. The van der Waals surface area contributed by atoms with Gasteiger partial charge in [0.25, 0.3) is 0 Å². The van der Waals surface area contributed by atoms with Crippen LogP contribution in [0, 0.1) is 27.7 Å². The number of thiophene rings is 1. The van der Waals surface area contributed by atoms with Crippen molar-refractivity contribution in [3.05, 3.63) is 50.2 Å². The van der Waals surface area contributed by atoms with Gasteiger partial charge in [-0.1, -0.05) is 6.07 Å². The van der Waals surface area contributed by atoms with Crippen LogP contribution < -0.4 is 10.5 Å². The smallest absolute Gasteiger partial charge is 0.134 e. The molecule has 2 rings (SSSR count). The van der Waals surface area contributed by atoms with Gasteiger partial charge in [0, 0.05) is 0 Å². The van der Waals surface area contributed by atoms with E-state index in [1.54, 1.807) is 18.4 Å². The number of nitrogens with two attached hydrogens (primary N) is 1. The van der Waals surface area contributed by atoms with Gasteiger partial charge < -0.3 is 10.5 Å². The van der Waals surface area contributed by atoms with Crippen LogP contribution in [0.5, 0.6) is 5.75 Å². The van der Waals surface area contributed by atoms with Crippen LogP contribution in [0.4, 0.5) is 0 Å². The van der Waals surface area contributed by atoms with Crippen molar-refractivity contribution in [3.8, 4) is 5.75 Å². The van der Waals surface area contributed by atoms with E-state index in [2.05, 4.69) is 33.8 Å². The highest BCUT2D eigenvalue weighted by Crippen LogP contribution is 2.37. The van der Waals surface area contributed by atoms with Crippen molar-refractivity contribution in [1.82, 2.24) is 0 Å². The van der Waals surface area contributed by atoms with Crippen LogP contribution in [0.3, 0.4) is 0 Å². The normalized spacial score (nSPS) is 12.5. The molecule has 0 spiro atoms. The molecule has 0 aliphatic carbocycles. The van der Waals surface area contributed by atoms with E-state index in [1.165, 1.54) is 27.8 Å². The summed E-state index contributed by atoms with van der Waals surface area (Å²) in [5, 5.41) is 2.03. The second-order valence-electron chi connectivity index (χ2n) is 5.00. The summed E-state index contributed by atoms with van der Waals surface area (Å²) in [6.07, 6.45) is 0. The van der Waals surface area contributed by atoms with Gasteiger partial charge in [0.15, 0.2) is 0 Å². The van der Waals surface area contributed by atoms with Gasteiger partial charge in [-0.3, -0.25) is 0 Å². The van der Waals surface area contributed by atoms with E-state index in [1.807, 2.05) is 11.4 Å². The highest BCUT2D eigenvalue weighted by molar-refractivity contribution is 7.10. The van der Waals surface area contributed by atoms with Crippen molar-refractivity contribution >= 4 is 11.3 Å². The van der Waals surface area contributed by atoms with E-state index in [0.29, 0.717) is 0 Å². The Bertz CT molecular complexity index is 575. The largest absolute Gasteiger partial charge is 0.496 e. The van der Waals surface area contributed by atoms with Crippen molar-refractivity contribution < 1.29 is 4.74 Å². The van der Waals surface area contributed by atoms with Gasteiger partial charge in [-0.25, -0.2) is 0 Å². The van der Waals surface area contributed by atoms with Crippen molar-refractivity contribution in [2.24, 2.45) is 5.73 Å². The number of aryl methyl sites for hydroxylation is 2. The van der Waals surface area contributed by atoms with E-state index in [4.69, 9.17) is 10.5 Å². The predicted molar refractivity (Wildman–Crippen MR) is 82.3 cm³/mol. The summed E-state index contributed by atoms with van der Waals surface area (Å²) in [7, 11) is 1.69. The average Bonchev–Trinajstić information content (AvgIpc) is 2.84. The van der Waals surface area contributed by atoms with Crippen molar-refractivity contribution in [2.75, 3.05) is 7.11 Å². The Morgan fingerprint density at radius 1 is 1.11 bits per heavy atom. The van der Waals surface area contributed by atoms with Crippen molar-refractivity contribution in [3.63, 3.8) is 0 Å². The third kappa shape index (κ3) is 2.40. The molecule has 1 atom stereocenters. The van der Waals surface area contributed by atoms with E-state index in [-0.39, 0.29) is 6.04 Å². The highest BCUT2D eigenvalue weighted by Gasteiger charge is 2.20. The van der Waals surface area contributed by atoms with Gasteiger partial charge in [0.1, 0.15) is 5.75 Å². The first-order valence-electron chi connectivity index (χ1n) is 6.41. The predicted octanol–water partition coefficient (Wildman–Crippen LogP) is 4.04. The molecule has 0 saturated carbocycles. The monoisotopic (exact) mass is 275 g/mol. The molecule has 0 saturated heterocycles. The first kappa shape index (κ1) is 14.1. The maximum Gasteiger partial charge on any atom is 0.134 e. The zero-order chi connectivity index (χ0) is 14.2. The van der Waals surface area contributed by atoms with Crippen LogP contribution in [-0.2, 0) is 0 Å². The fourth-order valence-electron chi connectivity index (χ4n) is 2.55. The molecule has 1 aromatic carbocycles. The number of hydrogen-bond acceptors (Lipinski definition) is 3. The molecular weight excluding hydrogens is 254 g/mol. The SMILES string of the molecule is COc1ccsc1C(N)c1c(C)c(C)cc(C)c1C. The number of hydrogen-bond donors (Lipinski definition) is 1. The summed E-state index contributed by atoms with van der Waals surface area (Å²) in [5.74, 6) is 0.885. The van der Waals surface area contributed by atoms with E-state index in [9.17, 15) is 0 Å². The zero-order valence-electron chi connectivity index (χ0n) is 12.2. The Hall–Kier alpha value is -1.32. The Labute approximate surface area is 119 Å². The molecule has 0 aliphatic rings. The van der Waals surface area contributed by atoms with Crippen LogP contribution in [-0.4, -0.2) is 7.11 Å². The van der Waals surface area contributed by atoms with Gasteiger partial charge in [-0.2, -0.15) is 0 Å². The lowest BCUT2D eigenvalue weighted by atomic mass is 9.89. The lowest BCUT2D eigenvalue weighted by Gasteiger charge is -2.21. The third-order valence-electron chi connectivity index (χ3n) is 3.89. The quantitative estimate of drug-likeness (QED) is 0.917. The number of benzene rings is 1. The zero-order valence-corrected chi connectivity index (χ0v) is 13.0. The Morgan fingerprint density at radius 2 is 1.68 bits per heavy atom.